The predicted molar refractivity (Wildman–Crippen MR) is 108 cm³/mol. The lowest BCUT2D eigenvalue weighted by Gasteiger charge is -2.46. The summed E-state index contributed by atoms with van der Waals surface area (Å²) in [4.78, 5) is 33.3. The van der Waals surface area contributed by atoms with Crippen molar-refractivity contribution in [2.24, 2.45) is 0 Å². The first-order chi connectivity index (χ1) is 13.5. The summed E-state index contributed by atoms with van der Waals surface area (Å²) in [7, 11) is 0. The van der Waals surface area contributed by atoms with E-state index in [9.17, 15) is 9.59 Å². The third-order valence-corrected chi connectivity index (χ3v) is 6.12. The largest absolute Gasteiger partial charge is 0.356 e. The van der Waals surface area contributed by atoms with Crippen molar-refractivity contribution in [3.63, 3.8) is 0 Å². The van der Waals surface area contributed by atoms with E-state index in [-0.39, 0.29) is 24.4 Å². The number of nitrogens with zero attached hydrogens (tertiary/aromatic N) is 2. The molecule has 5 rings (SSSR count). The monoisotopic (exact) mass is 373 g/mol. The molecule has 0 bridgehead atoms. The van der Waals surface area contributed by atoms with E-state index >= 15 is 0 Å². The van der Waals surface area contributed by atoms with Crippen LogP contribution in [0.2, 0.25) is 0 Å². The summed E-state index contributed by atoms with van der Waals surface area (Å²) in [5, 5.41) is 1.15. The molecule has 0 radical (unpaired) electrons. The molecule has 2 aliphatic heterocycles. The fraction of sp³-hybridized carbons (Fsp3) is 0.304. The Balaban J connectivity index is 1.49. The van der Waals surface area contributed by atoms with Crippen LogP contribution in [-0.4, -0.2) is 39.2 Å². The van der Waals surface area contributed by atoms with Crippen LogP contribution < -0.4 is 0 Å². The van der Waals surface area contributed by atoms with E-state index in [4.69, 9.17) is 0 Å². The second-order valence-corrected chi connectivity index (χ2v) is 7.94. The SMILES string of the molecule is Cc1ccc(CN2CC(=O)N3[C@H](Cc4c([nH]c5ccccc45)[C@@H]3C)C2=O)cc1. The van der Waals surface area contributed by atoms with Gasteiger partial charge in [-0.1, -0.05) is 48.0 Å². The number of para-hydroxylation sites is 1. The first kappa shape index (κ1) is 17.0. The third-order valence-electron chi connectivity index (χ3n) is 6.12. The zero-order valence-corrected chi connectivity index (χ0v) is 16.1. The van der Waals surface area contributed by atoms with Crippen LogP contribution in [0.25, 0.3) is 10.9 Å². The van der Waals surface area contributed by atoms with Crippen molar-refractivity contribution >= 4 is 22.7 Å². The van der Waals surface area contributed by atoms with Gasteiger partial charge in [0.25, 0.3) is 0 Å². The summed E-state index contributed by atoms with van der Waals surface area (Å²) in [5.74, 6) is 0.0662. The molecule has 1 fully saturated rings. The summed E-state index contributed by atoms with van der Waals surface area (Å²) >= 11 is 0. The average molecular weight is 373 g/mol. The van der Waals surface area contributed by atoms with Gasteiger partial charge in [-0.05, 0) is 31.0 Å². The fourth-order valence-corrected chi connectivity index (χ4v) is 4.68. The van der Waals surface area contributed by atoms with Gasteiger partial charge in [0.15, 0.2) is 0 Å². The molecule has 142 valence electrons. The number of piperazine rings is 1. The van der Waals surface area contributed by atoms with Crippen LogP contribution in [0.3, 0.4) is 0 Å². The molecule has 3 aromatic rings. The van der Waals surface area contributed by atoms with Crippen molar-refractivity contribution in [2.45, 2.75) is 38.9 Å². The Labute approximate surface area is 163 Å². The molecule has 1 N–H and O–H groups in total. The molecule has 1 saturated heterocycles. The Morgan fingerprint density at radius 1 is 1.07 bits per heavy atom. The van der Waals surface area contributed by atoms with Gasteiger partial charge >= 0.3 is 0 Å². The Hall–Kier alpha value is -3.08. The number of aromatic amines is 1. The highest BCUT2D eigenvalue weighted by molar-refractivity contribution is 5.97. The lowest BCUT2D eigenvalue weighted by molar-refractivity contribution is -0.159. The summed E-state index contributed by atoms with van der Waals surface area (Å²) in [6, 6.07) is 15.7. The summed E-state index contributed by atoms with van der Waals surface area (Å²) < 4.78 is 0. The molecule has 1 aromatic heterocycles. The number of hydrogen-bond donors (Lipinski definition) is 1. The molecule has 2 aliphatic rings. The van der Waals surface area contributed by atoms with Crippen LogP contribution >= 0.6 is 0 Å². The molecular weight excluding hydrogens is 350 g/mol. The maximum atomic E-state index is 13.3. The molecule has 5 nitrogen and oxygen atoms in total. The maximum absolute atomic E-state index is 13.3. The zero-order chi connectivity index (χ0) is 19.4. The van der Waals surface area contributed by atoms with Crippen LogP contribution in [0, 0.1) is 6.92 Å². The lowest BCUT2D eigenvalue weighted by atomic mass is 9.90. The van der Waals surface area contributed by atoms with Gasteiger partial charge in [-0.3, -0.25) is 9.59 Å². The number of carbonyl (C=O) groups is 2. The van der Waals surface area contributed by atoms with Crippen LogP contribution in [0.1, 0.15) is 35.3 Å². The molecule has 0 unspecified atom stereocenters. The van der Waals surface area contributed by atoms with Crippen molar-refractivity contribution in [1.82, 2.24) is 14.8 Å². The number of nitrogens with one attached hydrogen (secondary N) is 1. The number of amides is 2. The Kier molecular flexibility index (Phi) is 3.79. The second-order valence-electron chi connectivity index (χ2n) is 7.94. The number of carbonyl (C=O) groups excluding carboxylic acids is 2. The lowest BCUT2D eigenvalue weighted by Crippen LogP contribution is -2.62. The van der Waals surface area contributed by atoms with Crippen molar-refractivity contribution in [2.75, 3.05) is 6.54 Å². The van der Waals surface area contributed by atoms with E-state index in [0.29, 0.717) is 13.0 Å². The number of H-pyrrole nitrogens is 1. The Bertz CT molecular complexity index is 1080. The minimum atomic E-state index is -0.423. The summed E-state index contributed by atoms with van der Waals surface area (Å²) in [5.41, 5.74) is 5.53. The number of rotatable bonds is 2. The summed E-state index contributed by atoms with van der Waals surface area (Å²) in [6.45, 7) is 4.67. The molecule has 2 aromatic carbocycles. The molecule has 0 spiro atoms. The van der Waals surface area contributed by atoms with Crippen LogP contribution in [-0.2, 0) is 22.6 Å². The highest BCUT2D eigenvalue weighted by Gasteiger charge is 2.46. The van der Waals surface area contributed by atoms with Gasteiger partial charge in [-0.25, -0.2) is 0 Å². The smallest absolute Gasteiger partial charge is 0.246 e. The molecule has 5 heteroatoms. The van der Waals surface area contributed by atoms with E-state index in [0.717, 1.165) is 22.2 Å². The van der Waals surface area contributed by atoms with Gasteiger partial charge in [-0.15, -0.1) is 0 Å². The maximum Gasteiger partial charge on any atom is 0.246 e. The Morgan fingerprint density at radius 2 is 1.82 bits per heavy atom. The quantitative estimate of drug-likeness (QED) is 0.749. The van der Waals surface area contributed by atoms with Crippen molar-refractivity contribution in [3.05, 3.63) is 70.9 Å². The molecule has 3 heterocycles. The molecular formula is C23H23N3O2. The number of aryl methyl sites for hydroxylation is 1. The number of benzene rings is 2. The average Bonchev–Trinajstić information content (AvgIpc) is 3.07. The van der Waals surface area contributed by atoms with Gasteiger partial charge in [0.05, 0.1) is 6.04 Å². The molecule has 2 amide bonds. The molecule has 28 heavy (non-hydrogen) atoms. The number of fused-ring (bicyclic) bond motifs is 4. The van der Waals surface area contributed by atoms with Gasteiger partial charge in [0.2, 0.25) is 11.8 Å². The molecule has 0 aliphatic carbocycles. The zero-order valence-electron chi connectivity index (χ0n) is 16.1. The topological polar surface area (TPSA) is 56.4 Å². The number of hydrogen-bond acceptors (Lipinski definition) is 2. The van der Waals surface area contributed by atoms with E-state index in [1.165, 1.54) is 11.1 Å². The number of aromatic nitrogens is 1. The first-order valence-corrected chi connectivity index (χ1v) is 9.78. The highest BCUT2D eigenvalue weighted by Crippen LogP contribution is 2.39. The van der Waals surface area contributed by atoms with Crippen molar-refractivity contribution < 1.29 is 9.59 Å². The van der Waals surface area contributed by atoms with E-state index in [1.54, 1.807) is 9.80 Å². The van der Waals surface area contributed by atoms with Crippen LogP contribution in [0.15, 0.2) is 48.5 Å². The standard InChI is InChI=1S/C23H23N3O2/c1-14-7-9-16(10-8-14)12-25-13-21(27)26-15(2)22-18(11-20(26)23(25)28)17-5-3-4-6-19(17)24-22/h3-10,15,20,24H,11-13H2,1-2H3/t15-,20+/m0/s1. The molecule has 0 saturated carbocycles. The van der Waals surface area contributed by atoms with Crippen LogP contribution in [0.4, 0.5) is 0 Å². The third kappa shape index (κ3) is 2.53. The summed E-state index contributed by atoms with van der Waals surface area (Å²) in [6.07, 6.45) is 0.568. The van der Waals surface area contributed by atoms with Gasteiger partial charge < -0.3 is 14.8 Å². The minimum absolute atomic E-state index is 0.0218. The minimum Gasteiger partial charge on any atom is -0.356 e. The Morgan fingerprint density at radius 3 is 2.61 bits per heavy atom. The van der Waals surface area contributed by atoms with E-state index < -0.39 is 6.04 Å². The fourth-order valence-electron chi connectivity index (χ4n) is 4.68. The predicted octanol–water partition coefficient (Wildman–Crippen LogP) is 3.33. The molecule has 2 atom stereocenters. The first-order valence-electron chi connectivity index (χ1n) is 9.78. The van der Waals surface area contributed by atoms with Crippen molar-refractivity contribution in [3.8, 4) is 0 Å². The van der Waals surface area contributed by atoms with E-state index in [2.05, 4.69) is 11.1 Å². The van der Waals surface area contributed by atoms with E-state index in [1.807, 2.05) is 56.3 Å². The van der Waals surface area contributed by atoms with Gasteiger partial charge in [-0.2, -0.15) is 0 Å². The van der Waals surface area contributed by atoms with Gasteiger partial charge in [0, 0.05) is 29.6 Å². The second kappa shape index (κ2) is 6.23. The normalized spacial score (nSPS) is 21.8. The van der Waals surface area contributed by atoms with Gasteiger partial charge in [0.1, 0.15) is 12.6 Å². The van der Waals surface area contributed by atoms with Crippen LogP contribution in [0.5, 0.6) is 0 Å². The highest BCUT2D eigenvalue weighted by atomic mass is 16.2. The van der Waals surface area contributed by atoms with Crippen molar-refractivity contribution in [1.29, 1.82) is 0 Å².